The van der Waals surface area contributed by atoms with Crippen LogP contribution in [0.3, 0.4) is 0 Å². The number of halogens is 1. The van der Waals surface area contributed by atoms with E-state index < -0.39 is 6.09 Å². The molecule has 0 fully saturated rings. The van der Waals surface area contributed by atoms with E-state index >= 15 is 0 Å². The van der Waals surface area contributed by atoms with Crippen molar-refractivity contribution in [1.82, 2.24) is 0 Å². The Morgan fingerprint density at radius 2 is 2.00 bits per heavy atom. The lowest BCUT2D eigenvalue weighted by atomic mass is 10.2. The van der Waals surface area contributed by atoms with Gasteiger partial charge in [-0.05, 0) is 17.7 Å². The molecule has 2 N–H and O–H groups in total. The molecule has 0 saturated heterocycles. The highest BCUT2D eigenvalue weighted by atomic mass is 35.5. The van der Waals surface area contributed by atoms with Gasteiger partial charge in [0.2, 0.25) is 0 Å². The summed E-state index contributed by atoms with van der Waals surface area (Å²) in [5.74, 6) is 0. The van der Waals surface area contributed by atoms with Gasteiger partial charge in [-0.2, -0.15) is 0 Å². The van der Waals surface area contributed by atoms with Crippen LogP contribution in [-0.4, -0.2) is 6.09 Å². The maximum atomic E-state index is 10.2. The van der Waals surface area contributed by atoms with Crippen LogP contribution in [0.15, 0.2) is 24.3 Å². The van der Waals surface area contributed by atoms with Gasteiger partial charge in [-0.1, -0.05) is 23.7 Å². The standard InChI is InChI=1S/C8H8ClNO2/c9-7-3-1-6(2-4-7)5-12-8(10)11/h1-4H,5H2,(H2,10,11). The molecule has 3 nitrogen and oxygen atoms in total. The molecule has 0 aliphatic carbocycles. The van der Waals surface area contributed by atoms with Crippen LogP contribution in [-0.2, 0) is 11.3 Å². The van der Waals surface area contributed by atoms with Crippen molar-refractivity contribution in [2.75, 3.05) is 0 Å². The molecule has 0 aromatic heterocycles. The smallest absolute Gasteiger partial charge is 0.404 e. The molecule has 0 unspecified atom stereocenters. The summed E-state index contributed by atoms with van der Waals surface area (Å²) < 4.78 is 4.56. The van der Waals surface area contributed by atoms with Crippen LogP contribution in [0.2, 0.25) is 5.02 Å². The van der Waals surface area contributed by atoms with Crippen LogP contribution in [0, 0.1) is 0 Å². The molecule has 4 heteroatoms. The number of benzene rings is 1. The second kappa shape index (κ2) is 3.97. The average Bonchev–Trinajstić information content (AvgIpc) is 2.03. The Morgan fingerprint density at radius 1 is 1.42 bits per heavy atom. The summed E-state index contributed by atoms with van der Waals surface area (Å²) in [6.45, 7) is 0.187. The van der Waals surface area contributed by atoms with Gasteiger partial charge in [-0.3, -0.25) is 0 Å². The largest absolute Gasteiger partial charge is 0.445 e. The molecule has 0 saturated carbocycles. The SMILES string of the molecule is NC(=O)OCc1ccc(Cl)cc1. The molecule has 0 heterocycles. The topological polar surface area (TPSA) is 52.3 Å². The normalized spacial score (nSPS) is 9.42. The fourth-order valence-electron chi connectivity index (χ4n) is 0.735. The van der Waals surface area contributed by atoms with E-state index in [9.17, 15) is 4.79 Å². The van der Waals surface area contributed by atoms with Gasteiger partial charge in [0.15, 0.2) is 0 Å². The summed E-state index contributed by atoms with van der Waals surface area (Å²) >= 11 is 5.64. The molecule has 0 radical (unpaired) electrons. The number of hydrogen-bond donors (Lipinski definition) is 1. The lowest BCUT2D eigenvalue weighted by Gasteiger charge is -2.00. The third-order valence-corrected chi connectivity index (χ3v) is 1.55. The average molecular weight is 186 g/mol. The zero-order valence-electron chi connectivity index (χ0n) is 6.29. The van der Waals surface area contributed by atoms with Gasteiger partial charge in [0.1, 0.15) is 6.61 Å². The van der Waals surface area contributed by atoms with Gasteiger partial charge < -0.3 is 10.5 Å². The van der Waals surface area contributed by atoms with E-state index in [4.69, 9.17) is 17.3 Å². The van der Waals surface area contributed by atoms with E-state index in [-0.39, 0.29) is 6.61 Å². The summed E-state index contributed by atoms with van der Waals surface area (Å²) in [4.78, 5) is 10.2. The third kappa shape index (κ3) is 2.80. The first kappa shape index (κ1) is 8.87. The Hall–Kier alpha value is -1.22. The zero-order valence-corrected chi connectivity index (χ0v) is 7.04. The Balaban J connectivity index is 2.53. The van der Waals surface area contributed by atoms with Gasteiger partial charge >= 0.3 is 6.09 Å². The Morgan fingerprint density at radius 3 is 2.50 bits per heavy atom. The van der Waals surface area contributed by atoms with Gasteiger partial charge in [-0.15, -0.1) is 0 Å². The molecule has 0 aliphatic heterocycles. The number of carbonyl (C=O) groups is 1. The zero-order chi connectivity index (χ0) is 8.97. The number of carbonyl (C=O) groups excluding carboxylic acids is 1. The summed E-state index contributed by atoms with van der Waals surface area (Å²) in [6, 6.07) is 6.99. The number of primary amides is 1. The van der Waals surface area contributed by atoms with Crippen LogP contribution in [0.25, 0.3) is 0 Å². The minimum Gasteiger partial charge on any atom is -0.445 e. The number of ether oxygens (including phenoxy) is 1. The van der Waals surface area contributed by atoms with Crippen molar-refractivity contribution in [3.63, 3.8) is 0 Å². The van der Waals surface area contributed by atoms with E-state index in [2.05, 4.69) is 4.74 Å². The third-order valence-electron chi connectivity index (χ3n) is 1.29. The second-order valence-corrected chi connectivity index (χ2v) is 2.67. The molecule has 1 rings (SSSR count). The van der Waals surface area contributed by atoms with Gasteiger partial charge in [0.05, 0.1) is 0 Å². The van der Waals surface area contributed by atoms with Crippen LogP contribution in [0.4, 0.5) is 4.79 Å². The maximum Gasteiger partial charge on any atom is 0.404 e. The number of amides is 1. The fraction of sp³-hybridized carbons (Fsp3) is 0.125. The molecule has 64 valence electrons. The minimum atomic E-state index is -0.773. The van der Waals surface area contributed by atoms with Crippen molar-refractivity contribution in [2.24, 2.45) is 5.73 Å². The van der Waals surface area contributed by atoms with E-state index in [1.54, 1.807) is 24.3 Å². The van der Waals surface area contributed by atoms with Crippen LogP contribution in [0.1, 0.15) is 5.56 Å². The predicted octanol–water partition coefficient (Wildman–Crippen LogP) is 1.94. The maximum absolute atomic E-state index is 10.2. The summed E-state index contributed by atoms with van der Waals surface area (Å²) in [6.07, 6.45) is -0.773. The van der Waals surface area contributed by atoms with E-state index in [1.807, 2.05) is 0 Å². The van der Waals surface area contributed by atoms with E-state index in [0.29, 0.717) is 5.02 Å². The first-order chi connectivity index (χ1) is 5.68. The van der Waals surface area contributed by atoms with Gasteiger partial charge in [-0.25, -0.2) is 4.79 Å². The highest BCUT2D eigenvalue weighted by Gasteiger charge is 1.95. The molecule has 1 aromatic rings. The minimum absolute atomic E-state index is 0.187. The number of hydrogen-bond acceptors (Lipinski definition) is 2. The van der Waals surface area contributed by atoms with Crippen molar-refractivity contribution < 1.29 is 9.53 Å². The Kier molecular flexibility index (Phi) is 2.94. The Labute approximate surface area is 75.1 Å². The van der Waals surface area contributed by atoms with Crippen LogP contribution in [0.5, 0.6) is 0 Å². The quantitative estimate of drug-likeness (QED) is 0.766. The first-order valence-corrected chi connectivity index (χ1v) is 3.73. The molecular weight excluding hydrogens is 178 g/mol. The van der Waals surface area contributed by atoms with Gasteiger partial charge in [0.25, 0.3) is 0 Å². The van der Waals surface area contributed by atoms with E-state index in [1.165, 1.54) is 0 Å². The molecule has 1 aromatic carbocycles. The lowest BCUT2D eigenvalue weighted by molar-refractivity contribution is 0.150. The molecule has 1 amide bonds. The molecule has 12 heavy (non-hydrogen) atoms. The Bertz CT molecular complexity index is 271. The van der Waals surface area contributed by atoms with Crippen LogP contribution >= 0.6 is 11.6 Å². The van der Waals surface area contributed by atoms with Crippen molar-refractivity contribution in [1.29, 1.82) is 0 Å². The summed E-state index contributed by atoms with van der Waals surface area (Å²) in [5.41, 5.74) is 5.64. The summed E-state index contributed by atoms with van der Waals surface area (Å²) in [5, 5.41) is 0.651. The summed E-state index contributed by atoms with van der Waals surface area (Å²) in [7, 11) is 0. The molecule has 0 aliphatic rings. The lowest BCUT2D eigenvalue weighted by Crippen LogP contribution is -2.12. The number of nitrogens with two attached hydrogens (primary N) is 1. The second-order valence-electron chi connectivity index (χ2n) is 2.23. The molecule has 0 atom stereocenters. The fourth-order valence-corrected chi connectivity index (χ4v) is 0.861. The molecule has 0 bridgehead atoms. The van der Waals surface area contributed by atoms with Crippen LogP contribution < -0.4 is 5.73 Å². The van der Waals surface area contributed by atoms with Crippen molar-refractivity contribution in [2.45, 2.75) is 6.61 Å². The van der Waals surface area contributed by atoms with Crippen molar-refractivity contribution >= 4 is 17.7 Å². The van der Waals surface area contributed by atoms with Crippen molar-refractivity contribution in [3.8, 4) is 0 Å². The highest BCUT2D eigenvalue weighted by Crippen LogP contribution is 2.09. The predicted molar refractivity (Wildman–Crippen MR) is 45.8 cm³/mol. The van der Waals surface area contributed by atoms with Gasteiger partial charge in [0, 0.05) is 5.02 Å². The molecule has 0 spiro atoms. The molecular formula is C8H8ClNO2. The monoisotopic (exact) mass is 185 g/mol. The number of rotatable bonds is 2. The van der Waals surface area contributed by atoms with E-state index in [0.717, 1.165) is 5.56 Å². The van der Waals surface area contributed by atoms with Crippen molar-refractivity contribution in [3.05, 3.63) is 34.9 Å². The first-order valence-electron chi connectivity index (χ1n) is 3.35. The highest BCUT2D eigenvalue weighted by molar-refractivity contribution is 6.30.